The molecule has 1 fully saturated rings. The number of ether oxygens (including phenoxy) is 1. The molecule has 23 heavy (non-hydrogen) atoms. The van der Waals surface area contributed by atoms with E-state index in [1.165, 1.54) is 5.56 Å². The largest absolute Gasteiger partial charge is 0.448 e. The van der Waals surface area contributed by atoms with Crippen LogP contribution >= 0.6 is 11.6 Å². The number of nitrogens with one attached hydrogen (secondary N) is 1. The number of alkyl halides is 1. The molecule has 0 spiro atoms. The van der Waals surface area contributed by atoms with Crippen LogP contribution in [0.3, 0.4) is 0 Å². The van der Waals surface area contributed by atoms with E-state index in [2.05, 4.69) is 45.4 Å². The Kier molecular flexibility index (Phi) is 8.21. The number of hydrogen-bond acceptors (Lipinski definition) is 4. The molecule has 0 unspecified atom stereocenters. The van der Waals surface area contributed by atoms with Crippen molar-refractivity contribution < 1.29 is 9.53 Å². The number of carbonyl (C=O) groups is 1. The standard InChI is InChI=1S/C17H26ClN3O2/c18-7-14-23-17(22)19-8-4-9-20-10-12-21(13-11-20)15-16-5-2-1-3-6-16/h1-3,5-6H,4,7-15H2,(H,19,22). The van der Waals surface area contributed by atoms with Gasteiger partial charge >= 0.3 is 6.09 Å². The van der Waals surface area contributed by atoms with Crippen molar-refractivity contribution >= 4 is 17.7 Å². The van der Waals surface area contributed by atoms with Crippen molar-refractivity contribution in [3.05, 3.63) is 35.9 Å². The van der Waals surface area contributed by atoms with E-state index in [9.17, 15) is 4.79 Å². The van der Waals surface area contributed by atoms with E-state index in [-0.39, 0.29) is 12.7 Å². The average molecular weight is 340 g/mol. The van der Waals surface area contributed by atoms with Crippen LogP contribution in [0.4, 0.5) is 4.79 Å². The van der Waals surface area contributed by atoms with Crippen LogP contribution in [0.25, 0.3) is 0 Å². The molecular weight excluding hydrogens is 314 g/mol. The van der Waals surface area contributed by atoms with Gasteiger partial charge in [-0.15, -0.1) is 11.6 Å². The summed E-state index contributed by atoms with van der Waals surface area (Å²) in [5.74, 6) is 0.334. The summed E-state index contributed by atoms with van der Waals surface area (Å²) in [7, 11) is 0. The number of carbonyl (C=O) groups excluding carboxylic acids is 1. The highest BCUT2D eigenvalue weighted by Gasteiger charge is 2.16. The lowest BCUT2D eigenvalue weighted by atomic mass is 10.2. The first-order chi connectivity index (χ1) is 11.3. The maximum absolute atomic E-state index is 11.3. The van der Waals surface area contributed by atoms with Gasteiger partial charge in [-0.3, -0.25) is 4.90 Å². The summed E-state index contributed by atoms with van der Waals surface area (Å²) in [5.41, 5.74) is 1.38. The smallest absolute Gasteiger partial charge is 0.407 e. The van der Waals surface area contributed by atoms with Gasteiger partial charge in [-0.05, 0) is 18.5 Å². The Morgan fingerprint density at radius 2 is 1.83 bits per heavy atom. The lowest BCUT2D eigenvalue weighted by Gasteiger charge is -2.34. The number of halogens is 1. The minimum absolute atomic E-state index is 0.261. The van der Waals surface area contributed by atoms with Crippen molar-refractivity contribution in [2.75, 3.05) is 51.8 Å². The van der Waals surface area contributed by atoms with Crippen LogP contribution in [0.5, 0.6) is 0 Å². The fourth-order valence-electron chi connectivity index (χ4n) is 2.69. The van der Waals surface area contributed by atoms with E-state index in [0.717, 1.165) is 45.7 Å². The summed E-state index contributed by atoms with van der Waals surface area (Å²) in [6.45, 7) is 7.31. The fraction of sp³-hybridized carbons (Fsp3) is 0.588. The third-order valence-corrected chi connectivity index (χ3v) is 4.10. The second-order valence-electron chi connectivity index (χ2n) is 5.71. The van der Waals surface area contributed by atoms with Crippen LogP contribution in [0.2, 0.25) is 0 Å². The van der Waals surface area contributed by atoms with Crippen molar-refractivity contribution in [3.63, 3.8) is 0 Å². The van der Waals surface area contributed by atoms with Gasteiger partial charge in [0, 0.05) is 39.3 Å². The van der Waals surface area contributed by atoms with Crippen LogP contribution in [0, 0.1) is 0 Å². The molecule has 6 heteroatoms. The third-order valence-electron chi connectivity index (χ3n) is 3.94. The van der Waals surface area contributed by atoms with Crippen LogP contribution in [0.1, 0.15) is 12.0 Å². The minimum Gasteiger partial charge on any atom is -0.448 e. The number of rotatable bonds is 8. The van der Waals surface area contributed by atoms with E-state index >= 15 is 0 Å². The molecule has 1 heterocycles. The highest BCUT2D eigenvalue weighted by atomic mass is 35.5. The first-order valence-electron chi connectivity index (χ1n) is 8.23. The zero-order valence-electron chi connectivity index (χ0n) is 13.5. The van der Waals surface area contributed by atoms with Gasteiger partial charge < -0.3 is 15.0 Å². The normalized spacial score (nSPS) is 16.2. The third kappa shape index (κ3) is 7.20. The number of alkyl carbamates (subject to hydrolysis) is 1. The lowest BCUT2D eigenvalue weighted by molar-refractivity contribution is 0.125. The molecule has 0 atom stereocenters. The Bertz CT molecular complexity index is 450. The molecule has 1 aromatic rings. The SMILES string of the molecule is O=C(NCCCN1CCN(Cc2ccccc2)CC1)OCCCl. The topological polar surface area (TPSA) is 44.8 Å². The molecular formula is C17H26ClN3O2. The second kappa shape index (κ2) is 10.5. The minimum atomic E-state index is -0.377. The van der Waals surface area contributed by atoms with Crippen molar-refractivity contribution in [1.29, 1.82) is 0 Å². The first-order valence-corrected chi connectivity index (χ1v) is 8.76. The molecule has 1 aliphatic rings. The van der Waals surface area contributed by atoms with Crippen LogP contribution in [-0.4, -0.2) is 67.6 Å². The molecule has 1 saturated heterocycles. The summed E-state index contributed by atoms with van der Waals surface area (Å²) in [6.07, 6.45) is 0.563. The van der Waals surface area contributed by atoms with Crippen molar-refractivity contribution in [3.8, 4) is 0 Å². The summed E-state index contributed by atoms with van der Waals surface area (Å²) in [5, 5.41) is 2.74. The number of nitrogens with zero attached hydrogens (tertiary/aromatic N) is 2. The molecule has 1 aromatic carbocycles. The van der Waals surface area contributed by atoms with E-state index in [1.807, 2.05) is 0 Å². The predicted molar refractivity (Wildman–Crippen MR) is 92.8 cm³/mol. The van der Waals surface area contributed by atoms with Crippen molar-refractivity contribution in [1.82, 2.24) is 15.1 Å². The fourth-order valence-corrected chi connectivity index (χ4v) is 2.77. The number of benzene rings is 1. The van der Waals surface area contributed by atoms with E-state index < -0.39 is 0 Å². The molecule has 1 N–H and O–H groups in total. The number of amides is 1. The van der Waals surface area contributed by atoms with Gasteiger partial charge in [0.25, 0.3) is 0 Å². The maximum atomic E-state index is 11.3. The molecule has 0 aromatic heterocycles. The lowest BCUT2D eigenvalue weighted by Crippen LogP contribution is -2.46. The van der Waals surface area contributed by atoms with Gasteiger partial charge in [-0.1, -0.05) is 30.3 Å². The van der Waals surface area contributed by atoms with Gasteiger partial charge in [-0.2, -0.15) is 0 Å². The molecule has 128 valence electrons. The van der Waals surface area contributed by atoms with Gasteiger partial charge in [0.1, 0.15) is 6.61 Å². The predicted octanol–water partition coefficient (Wildman–Crippen LogP) is 2.16. The number of piperazine rings is 1. The molecule has 0 bridgehead atoms. The van der Waals surface area contributed by atoms with Gasteiger partial charge in [-0.25, -0.2) is 4.79 Å². The highest BCUT2D eigenvalue weighted by Crippen LogP contribution is 2.08. The van der Waals surface area contributed by atoms with Gasteiger partial charge in [0.15, 0.2) is 0 Å². The van der Waals surface area contributed by atoms with E-state index in [0.29, 0.717) is 12.4 Å². The monoisotopic (exact) mass is 339 g/mol. The zero-order chi connectivity index (χ0) is 16.3. The Morgan fingerprint density at radius 1 is 1.13 bits per heavy atom. The number of hydrogen-bond donors (Lipinski definition) is 1. The molecule has 0 radical (unpaired) electrons. The molecule has 1 amide bonds. The highest BCUT2D eigenvalue weighted by molar-refractivity contribution is 6.18. The first kappa shape index (κ1) is 18.0. The Morgan fingerprint density at radius 3 is 2.52 bits per heavy atom. The molecule has 0 saturated carbocycles. The average Bonchev–Trinajstić information content (AvgIpc) is 2.59. The van der Waals surface area contributed by atoms with E-state index in [4.69, 9.17) is 16.3 Å². The Balaban J connectivity index is 1.54. The zero-order valence-corrected chi connectivity index (χ0v) is 14.3. The van der Waals surface area contributed by atoms with Gasteiger partial charge in [0.2, 0.25) is 0 Å². The molecule has 2 rings (SSSR count). The summed E-state index contributed by atoms with van der Waals surface area (Å²) >= 11 is 5.46. The molecule has 1 aliphatic heterocycles. The molecule has 0 aliphatic carbocycles. The maximum Gasteiger partial charge on any atom is 0.407 e. The Hall–Kier alpha value is -1.30. The van der Waals surface area contributed by atoms with Crippen LogP contribution < -0.4 is 5.32 Å². The Labute approximate surface area is 143 Å². The summed E-state index contributed by atoms with van der Waals surface area (Å²) < 4.78 is 4.85. The van der Waals surface area contributed by atoms with E-state index in [1.54, 1.807) is 0 Å². The van der Waals surface area contributed by atoms with Crippen molar-refractivity contribution in [2.24, 2.45) is 0 Å². The van der Waals surface area contributed by atoms with Crippen molar-refractivity contribution in [2.45, 2.75) is 13.0 Å². The summed E-state index contributed by atoms with van der Waals surface area (Å²) in [6, 6.07) is 10.6. The summed E-state index contributed by atoms with van der Waals surface area (Å²) in [4.78, 5) is 16.2. The quantitative estimate of drug-likeness (QED) is 0.582. The molecule has 5 nitrogen and oxygen atoms in total. The second-order valence-corrected chi connectivity index (χ2v) is 6.09. The van der Waals surface area contributed by atoms with Crippen LogP contribution in [0.15, 0.2) is 30.3 Å². The van der Waals surface area contributed by atoms with Gasteiger partial charge in [0.05, 0.1) is 5.88 Å². The van der Waals surface area contributed by atoms with Crippen LogP contribution in [-0.2, 0) is 11.3 Å².